The molecule has 0 aromatic carbocycles. The van der Waals surface area contributed by atoms with E-state index in [0.717, 1.165) is 0 Å². The lowest BCUT2D eigenvalue weighted by molar-refractivity contribution is -0.147. The molecule has 0 spiro atoms. The summed E-state index contributed by atoms with van der Waals surface area (Å²) in [6, 6.07) is -0.599. The molecule has 1 saturated heterocycles. The van der Waals surface area contributed by atoms with Crippen molar-refractivity contribution in [1.29, 1.82) is 0 Å². The third kappa shape index (κ3) is 2.50. The normalized spacial score (nSPS) is 23.4. The molecule has 3 N–H and O–H groups in total. The van der Waals surface area contributed by atoms with Gasteiger partial charge in [0.1, 0.15) is 11.6 Å². The van der Waals surface area contributed by atoms with Gasteiger partial charge in [-0.2, -0.15) is 0 Å². The van der Waals surface area contributed by atoms with Crippen molar-refractivity contribution in [2.45, 2.75) is 44.7 Å². The highest BCUT2D eigenvalue weighted by molar-refractivity contribution is 5.93. The van der Waals surface area contributed by atoms with Crippen LogP contribution in [0.2, 0.25) is 0 Å². The summed E-state index contributed by atoms with van der Waals surface area (Å²) in [5, 5.41) is 13.9. The van der Waals surface area contributed by atoms with Crippen LogP contribution in [0.25, 0.3) is 0 Å². The van der Waals surface area contributed by atoms with E-state index in [-0.39, 0.29) is 12.3 Å². The van der Waals surface area contributed by atoms with Crippen LogP contribution in [0.3, 0.4) is 0 Å². The molecule has 1 unspecified atom stereocenters. The summed E-state index contributed by atoms with van der Waals surface area (Å²) in [5.74, 6) is -1.68. The van der Waals surface area contributed by atoms with E-state index in [0.29, 0.717) is 12.8 Å². The van der Waals surface area contributed by atoms with Crippen molar-refractivity contribution >= 4 is 17.8 Å². The maximum Gasteiger partial charge on any atom is 0.329 e. The van der Waals surface area contributed by atoms with Gasteiger partial charge in [-0.25, -0.2) is 4.79 Å². The zero-order chi connectivity index (χ0) is 12.3. The van der Waals surface area contributed by atoms with Crippen LogP contribution in [0.4, 0.5) is 0 Å². The van der Waals surface area contributed by atoms with E-state index in [9.17, 15) is 14.4 Å². The maximum atomic E-state index is 11.7. The fraction of sp³-hybridized carbons (Fsp3) is 0.700. The van der Waals surface area contributed by atoms with Gasteiger partial charge in [0.05, 0.1) is 0 Å². The molecule has 0 aromatic heterocycles. The van der Waals surface area contributed by atoms with Gasteiger partial charge in [-0.05, 0) is 19.8 Å². The Bertz CT molecular complexity index is 329. The second-order valence-electron chi connectivity index (χ2n) is 4.14. The molecule has 2 amide bonds. The average molecular weight is 228 g/mol. The standard InChI is InChI=1S/C10H16N2O4/c1-3-10(2,9(15)16)12-8(14)6-4-5-7(13)11-6/h6H,3-5H2,1-2H3,(H,11,13)(H,12,14)(H,15,16)/t6-,10?/m1/s1. The SMILES string of the molecule is CCC(C)(NC(=O)[C@H]1CCC(=O)N1)C(=O)O. The van der Waals surface area contributed by atoms with Gasteiger partial charge in [0, 0.05) is 6.42 Å². The highest BCUT2D eigenvalue weighted by atomic mass is 16.4. The van der Waals surface area contributed by atoms with Crippen LogP contribution in [0, 0.1) is 0 Å². The van der Waals surface area contributed by atoms with Crippen LogP contribution in [0.15, 0.2) is 0 Å². The van der Waals surface area contributed by atoms with Crippen molar-refractivity contribution in [1.82, 2.24) is 10.6 Å². The summed E-state index contributed by atoms with van der Waals surface area (Å²) >= 11 is 0. The number of aliphatic carboxylic acids is 1. The largest absolute Gasteiger partial charge is 0.480 e. The lowest BCUT2D eigenvalue weighted by Gasteiger charge is -2.26. The first-order chi connectivity index (χ1) is 7.39. The second-order valence-corrected chi connectivity index (χ2v) is 4.14. The highest BCUT2D eigenvalue weighted by Crippen LogP contribution is 2.12. The van der Waals surface area contributed by atoms with E-state index in [4.69, 9.17) is 5.11 Å². The van der Waals surface area contributed by atoms with E-state index >= 15 is 0 Å². The van der Waals surface area contributed by atoms with Gasteiger partial charge in [0.2, 0.25) is 11.8 Å². The molecule has 16 heavy (non-hydrogen) atoms. The Balaban J connectivity index is 2.62. The average Bonchev–Trinajstić information content (AvgIpc) is 2.64. The van der Waals surface area contributed by atoms with Crippen molar-refractivity contribution in [2.75, 3.05) is 0 Å². The quantitative estimate of drug-likeness (QED) is 0.612. The van der Waals surface area contributed by atoms with Crippen molar-refractivity contribution in [3.8, 4) is 0 Å². The minimum absolute atomic E-state index is 0.173. The third-order valence-electron chi connectivity index (χ3n) is 2.89. The minimum atomic E-state index is -1.27. The number of carbonyl (C=O) groups is 3. The molecule has 6 heteroatoms. The number of rotatable bonds is 4. The number of amides is 2. The lowest BCUT2D eigenvalue weighted by Crippen LogP contribution is -2.56. The van der Waals surface area contributed by atoms with Gasteiger partial charge in [-0.15, -0.1) is 0 Å². The Morgan fingerprint density at radius 3 is 2.62 bits per heavy atom. The molecule has 1 fully saturated rings. The van der Waals surface area contributed by atoms with Gasteiger partial charge in [0.25, 0.3) is 0 Å². The zero-order valence-corrected chi connectivity index (χ0v) is 9.37. The summed E-state index contributed by atoms with van der Waals surface area (Å²) in [7, 11) is 0. The number of carbonyl (C=O) groups excluding carboxylic acids is 2. The molecule has 0 aliphatic carbocycles. The second kappa shape index (κ2) is 4.51. The fourth-order valence-electron chi connectivity index (χ4n) is 1.46. The first kappa shape index (κ1) is 12.5. The van der Waals surface area contributed by atoms with Crippen LogP contribution in [-0.4, -0.2) is 34.5 Å². The van der Waals surface area contributed by atoms with Gasteiger partial charge >= 0.3 is 5.97 Å². The lowest BCUT2D eigenvalue weighted by atomic mass is 9.98. The predicted molar refractivity (Wildman–Crippen MR) is 55.6 cm³/mol. The molecular weight excluding hydrogens is 212 g/mol. The summed E-state index contributed by atoms with van der Waals surface area (Å²) in [4.78, 5) is 33.6. The Morgan fingerprint density at radius 2 is 2.25 bits per heavy atom. The predicted octanol–water partition coefficient (Wildman–Crippen LogP) is -0.365. The summed E-state index contributed by atoms with van der Waals surface area (Å²) in [6.45, 7) is 3.13. The van der Waals surface area contributed by atoms with Crippen molar-refractivity contribution in [2.24, 2.45) is 0 Å². The zero-order valence-electron chi connectivity index (χ0n) is 9.37. The Hall–Kier alpha value is -1.59. The van der Waals surface area contributed by atoms with Gasteiger partial charge in [0.15, 0.2) is 0 Å². The minimum Gasteiger partial charge on any atom is -0.480 e. The molecule has 6 nitrogen and oxygen atoms in total. The first-order valence-electron chi connectivity index (χ1n) is 5.24. The highest BCUT2D eigenvalue weighted by Gasteiger charge is 2.36. The smallest absolute Gasteiger partial charge is 0.329 e. The number of hydrogen-bond acceptors (Lipinski definition) is 3. The summed E-state index contributed by atoms with van der Waals surface area (Å²) in [5.41, 5.74) is -1.27. The Labute approximate surface area is 93.4 Å². The van der Waals surface area contributed by atoms with Crippen molar-refractivity contribution < 1.29 is 19.5 Å². The molecular formula is C10H16N2O4. The van der Waals surface area contributed by atoms with E-state index in [1.54, 1.807) is 6.92 Å². The van der Waals surface area contributed by atoms with E-state index in [1.165, 1.54) is 6.92 Å². The monoisotopic (exact) mass is 228 g/mol. The molecule has 1 aliphatic heterocycles. The van der Waals surface area contributed by atoms with Crippen molar-refractivity contribution in [3.05, 3.63) is 0 Å². The number of carboxylic acids is 1. The molecule has 1 heterocycles. The van der Waals surface area contributed by atoms with Crippen LogP contribution >= 0.6 is 0 Å². The molecule has 0 saturated carbocycles. The molecule has 2 atom stereocenters. The van der Waals surface area contributed by atoms with Crippen LogP contribution in [0.5, 0.6) is 0 Å². The van der Waals surface area contributed by atoms with E-state index in [1.807, 2.05) is 0 Å². The van der Waals surface area contributed by atoms with Gasteiger partial charge in [-0.3, -0.25) is 9.59 Å². The van der Waals surface area contributed by atoms with Crippen LogP contribution < -0.4 is 10.6 Å². The number of carboxylic acid groups (broad SMARTS) is 1. The molecule has 90 valence electrons. The van der Waals surface area contributed by atoms with E-state index < -0.39 is 23.5 Å². The first-order valence-corrected chi connectivity index (χ1v) is 5.24. The molecule has 0 bridgehead atoms. The number of hydrogen-bond donors (Lipinski definition) is 3. The molecule has 1 rings (SSSR count). The van der Waals surface area contributed by atoms with Gasteiger partial charge in [-0.1, -0.05) is 6.92 Å². The van der Waals surface area contributed by atoms with Gasteiger partial charge < -0.3 is 15.7 Å². The fourth-order valence-corrected chi connectivity index (χ4v) is 1.46. The Morgan fingerprint density at radius 1 is 1.62 bits per heavy atom. The van der Waals surface area contributed by atoms with Crippen LogP contribution in [-0.2, 0) is 14.4 Å². The third-order valence-corrected chi connectivity index (χ3v) is 2.89. The maximum absolute atomic E-state index is 11.7. The van der Waals surface area contributed by atoms with Crippen LogP contribution in [0.1, 0.15) is 33.1 Å². The number of nitrogens with one attached hydrogen (secondary N) is 2. The summed E-state index contributed by atoms with van der Waals surface area (Å²) in [6.07, 6.45) is 1.02. The molecule has 0 radical (unpaired) electrons. The topological polar surface area (TPSA) is 95.5 Å². The van der Waals surface area contributed by atoms with E-state index in [2.05, 4.69) is 10.6 Å². The summed E-state index contributed by atoms with van der Waals surface area (Å²) < 4.78 is 0. The molecule has 1 aliphatic rings. The van der Waals surface area contributed by atoms with Crippen molar-refractivity contribution in [3.63, 3.8) is 0 Å². The Kier molecular flexibility index (Phi) is 3.51. The molecule has 0 aromatic rings.